The second kappa shape index (κ2) is 3.58. The van der Waals surface area contributed by atoms with Crippen molar-refractivity contribution in [1.82, 2.24) is 0 Å². The number of amides is 1. The first kappa shape index (κ1) is 9.46. The molecule has 1 aromatic carbocycles. The van der Waals surface area contributed by atoms with Gasteiger partial charge in [0.2, 0.25) is 5.91 Å². The summed E-state index contributed by atoms with van der Waals surface area (Å²) in [5, 5.41) is 2.63. The van der Waals surface area contributed by atoms with Gasteiger partial charge in [-0.05, 0) is 24.1 Å². The van der Waals surface area contributed by atoms with Crippen molar-refractivity contribution in [3.8, 4) is 0 Å². The fourth-order valence-corrected chi connectivity index (χ4v) is 1.76. The Morgan fingerprint density at radius 1 is 1.43 bits per heavy atom. The molecule has 0 radical (unpaired) electrons. The van der Waals surface area contributed by atoms with E-state index in [0.717, 1.165) is 5.56 Å². The monoisotopic (exact) mass is 213 g/mol. The molecule has 2 rings (SSSR count). The molecule has 0 bridgehead atoms. The van der Waals surface area contributed by atoms with Crippen LogP contribution in [0, 0.1) is 5.82 Å². The molecule has 1 N–H and O–H groups in total. The number of anilines is 1. The summed E-state index contributed by atoms with van der Waals surface area (Å²) in [7, 11) is 0. The third kappa shape index (κ3) is 1.60. The fourth-order valence-electron chi connectivity index (χ4n) is 1.56. The van der Waals surface area contributed by atoms with Gasteiger partial charge >= 0.3 is 0 Å². The summed E-state index contributed by atoms with van der Waals surface area (Å²) in [6, 6.07) is 3.06. The highest BCUT2D eigenvalue weighted by atomic mass is 35.5. The molecule has 74 valence electrons. The van der Waals surface area contributed by atoms with Crippen LogP contribution < -0.4 is 5.32 Å². The number of benzene rings is 1. The van der Waals surface area contributed by atoms with E-state index < -0.39 is 0 Å². The van der Waals surface area contributed by atoms with Gasteiger partial charge < -0.3 is 5.32 Å². The van der Waals surface area contributed by atoms with Crippen molar-refractivity contribution in [3.63, 3.8) is 0 Å². The maximum atomic E-state index is 13.3. The van der Waals surface area contributed by atoms with Crippen LogP contribution in [0.2, 0.25) is 0 Å². The number of hydrogen-bond donors (Lipinski definition) is 1. The van der Waals surface area contributed by atoms with Crippen LogP contribution in [0.5, 0.6) is 0 Å². The minimum absolute atomic E-state index is 0.0597. The molecule has 0 saturated heterocycles. The minimum atomic E-state index is -0.360. The van der Waals surface area contributed by atoms with E-state index in [4.69, 9.17) is 11.6 Å². The SMILES string of the molecule is O=C1CCc2cc(CCl)c(F)cc2N1. The molecule has 1 aliphatic heterocycles. The lowest BCUT2D eigenvalue weighted by molar-refractivity contribution is -0.116. The number of hydrogen-bond acceptors (Lipinski definition) is 1. The molecule has 0 atom stereocenters. The molecule has 0 aliphatic carbocycles. The minimum Gasteiger partial charge on any atom is -0.326 e. The van der Waals surface area contributed by atoms with E-state index in [1.165, 1.54) is 6.07 Å². The number of halogens is 2. The lowest BCUT2D eigenvalue weighted by atomic mass is 10.0. The van der Waals surface area contributed by atoms with E-state index in [1.54, 1.807) is 6.07 Å². The van der Waals surface area contributed by atoms with Crippen molar-refractivity contribution in [2.75, 3.05) is 5.32 Å². The third-order valence-corrected chi connectivity index (χ3v) is 2.60. The Bertz CT molecular complexity index is 392. The van der Waals surface area contributed by atoms with Gasteiger partial charge in [-0.25, -0.2) is 4.39 Å². The zero-order chi connectivity index (χ0) is 10.1. The molecule has 0 saturated carbocycles. The molecule has 1 aromatic rings. The van der Waals surface area contributed by atoms with Crippen LogP contribution in [0.15, 0.2) is 12.1 Å². The predicted octanol–water partition coefficient (Wildman–Crippen LogP) is 2.45. The number of fused-ring (bicyclic) bond motifs is 1. The Balaban J connectivity index is 2.45. The topological polar surface area (TPSA) is 29.1 Å². The highest BCUT2D eigenvalue weighted by Crippen LogP contribution is 2.26. The van der Waals surface area contributed by atoms with Gasteiger partial charge in [0.15, 0.2) is 0 Å². The first-order valence-corrected chi connectivity index (χ1v) is 4.91. The van der Waals surface area contributed by atoms with Gasteiger partial charge in [-0.1, -0.05) is 0 Å². The standard InChI is InChI=1S/C10H9ClFNO/c11-5-7-3-6-1-2-10(14)13-9(6)4-8(7)12/h3-4H,1-2,5H2,(H,13,14). The van der Waals surface area contributed by atoms with Crippen molar-refractivity contribution in [3.05, 3.63) is 29.1 Å². The Morgan fingerprint density at radius 2 is 2.21 bits per heavy atom. The molecule has 1 aliphatic rings. The Hall–Kier alpha value is -1.09. The van der Waals surface area contributed by atoms with E-state index in [2.05, 4.69) is 5.32 Å². The summed E-state index contributed by atoms with van der Waals surface area (Å²) in [5.41, 5.74) is 2.02. The second-order valence-electron chi connectivity index (χ2n) is 3.28. The van der Waals surface area contributed by atoms with Crippen LogP contribution in [0.4, 0.5) is 10.1 Å². The zero-order valence-corrected chi connectivity index (χ0v) is 8.20. The average molecular weight is 214 g/mol. The van der Waals surface area contributed by atoms with Gasteiger partial charge in [-0.15, -0.1) is 11.6 Å². The number of carbonyl (C=O) groups excluding carboxylic acids is 1. The number of carbonyl (C=O) groups is 1. The molecular formula is C10H9ClFNO. The van der Waals surface area contributed by atoms with Crippen molar-refractivity contribution in [2.45, 2.75) is 18.7 Å². The maximum absolute atomic E-state index is 13.3. The van der Waals surface area contributed by atoms with Crippen molar-refractivity contribution in [2.24, 2.45) is 0 Å². The van der Waals surface area contributed by atoms with Crippen LogP contribution in [0.3, 0.4) is 0 Å². The Labute approximate surface area is 86.1 Å². The van der Waals surface area contributed by atoms with E-state index in [-0.39, 0.29) is 17.6 Å². The summed E-state index contributed by atoms with van der Waals surface area (Å²) >= 11 is 5.58. The van der Waals surface area contributed by atoms with Gasteiger partial charge in [0.05, 0.1) is 5.88 Å². The molecule has 0 spiro atoms. The Morgan fingerprint density at radius 3 is 2.93 bits per heavy atom. The molecule has 1 amide bonds. The summed E-state index contributed by atoms with van der Waals surface area (Å²) in [5.74, 6) is -0.260. The van der Waals surface area contributed by atoms with E-state index in [1.807, 2.05) is 0 Å². The summed E-state index contributed by atoms with van der Waals surface area (Å²) in [4.78, 5) is 11.0. The summed E-state index contributed by atoms with van der Waals surface area (Å²) < 4.78 is 13.3. The fraction of sp³-hybridized carbons (Fsp3) is 0.300. The third-order valence-electron chi connectivity index (χ3n) is 2.31. The van der Waals surface area contributed by atoms with Crippen LogP contribution in [0.1, 0.15) is 17.5 Å². The molecule has 14 heavy (non-hydrogen) atoms. The highest BCUT2D eigenvalue weighted by molar-refractivity contribution is 6.17. The number of nitrogens with one attached hydrogen (secondary N) is 1. The van der Waals surface area contributed by atoms with Crippen molar-refractivity contribution >= 4 is 23.2 Å². The normalized spacial score (nSPS) is 14.9. The maximum Gasteiger partial charge on any atom is 0.224 e. The van der Waals surface area contributed by atoms with Crippen LogP contribution >= 0.6 is 11.6 Å². The van der Waals surface area contributed by atoms with E-state index in [9.17, 15) is 9.18 Å². The number of alkyl halides is 1. The van der Waals surface area contributed by atoms with Crippen LogP contribution in [-0.2, 0) is 17.1 Å². The van der Waals surface area contributed by atoms with Gasteiger partial charge in [-0.3, -0.25) is 4.79 Å². The zero-order valence-electron chi connectivity index (χ0n) is 7.44. The summed E-state index contributed by atoms with van der Waals surface area (Å²) in [6.45, 7) is 0. The molecule has 0 fully saturated rings. The molecule has 2 nitrogen and oxygen atoms in total. The smallest absolute Gasteiger partial charge is 0.224 e. The molecule has 0 unspecified atom stereocenters. The lowest BCUT2D eigenvalue weighted by Crippen LogP contribution is -2.19. The number of rotatable bonds is 1. The summed E-state index contributed by atoms with van der Waals surface area (Å²) in [6.07, 6.45) is 1.12. The van der Waals surface area contributed by atoms with E-state index >= 15 is 0 Å². The Kier molecular flexibility index (Phi) is 2.42. The first-order valence-electron chi connectivity index (χ1n) is 4.38. The van der Waals surface area contributed by atoms with Crippen LogP contribution in [0.25, 0.3) is 0 Å². The van der Waals surface area contributed by atoms with Crippen molar-refractivity contribution < 1.29 is 9.18 Å². The molecule has 0 aromatic heterocycles. The predicted molar refractivity (Wildman–Crippen MR) is 52.9 cm³/mol. The van der Waals surface area contributed by atoms with Crippen molar-refractivity contribution in [1.29, 1.82) is 0 Å². The average Bonchev–Trinajstić information content (AvgIpc) is 2.16. The van der Waals surface area contributed by atoms with Gasteiger partial charge in [0, 0.05) is 17.7 Å². The van der Waals surface area contributed by atoms with Gasteiger partial charge in [-0.2, -0.15) is 0 Å². The molecular weight excluding hydrogens is 205 g/mol. The largest absolute Gasteiger partial charge is 0.326 e. The van der Waals surface area contributed by atoms with Gasteiger partial charge in [0.1, 0.15) is 5.82 Å². The van der Waals surface area contributed by atoms with Gasteiger partial charge in [0.25, 0.3) is 0 Å². The highest BCUT2D eigenvalue weighted by Gasteiger charge is 2.16. The first-order chi connectivity index (χ1) is 6.70. The quantitative estimate of drug-likeness (QED) is 0.714. The second-order valence-corrected chi connectivity index (χ2v) is 3.55. The molecule has 4 heteroatoms. The van der Waals surface area contributed by atoms with Crippen LogP contribution in [-0.4, -0.2) is 5.91 Å². The molecule has 1 heterocycles. The van der Waals surface area contributed by atoms with E-state index in [0.29, 0.717) is 24.1 Å². The number of aryl methyl sites for hydroxylation is 1. The lowest BCUT2D eigenvalue weighted by Gasteiger charge is -2.17.